The van der Waals surface area contributed by atoms with Crippen molar-refractivity contribution in [2.75, 3.05) is 19.6 Å². The fraction of sp³-hybridized carbons (Fsp3) is 0.667. The number of aryl methyl sites for hydroxylation is 1. The number of hydrogen-bond acceptors (Lipinski definition) is 4. The first-order valence-corrected chi connectivity index (χ1v) is 8.62. The van der Waals surface area contributed by atoms with Crippen molar-refractivity contribution in [2.45, 2.75) is 52.7 Å². The van der Waals surface area contributed by atoms with Crippen LogP contribution in [0.3, 0.4) is 0 Å². The van der Waals surface area contributed by atoms with E-state index in [-0.39, 0.29) is 11.9 Å². The quantitative estimate of drug-likeness (QED) is 0.899. The van der Waals surface area contributed by atoms with Gasteiger partial charge in [-0.25, -0.2) is 0 Å². The van der Waals surface area contributed by atoms with Crippen molar-refractivity contribution in [3.63, 3.8) is 0 Å². The molecule has 0 spiro atoms. The van der Waals surface area contributed by atoms with E-state index in [9.17, 15) is 4.79 Å². The Balaban J connectivity index is 2.06. The Hall–Kier alpha value is -1.46. The van der Waals surface area contributed by atoms with Crippen molar-refractivity contribution >= 4 is 5.91 Å². The van der Waals surface area contributed by atoms with E-state index in [0.717, 1.165) is 38.3 Å². The maximum Gasteiger partial charge on any atom is 0.239 e. The van der Waals surface area contributed by atoms with Crippen molar-refractivity contribution in [1.82, 2.24) is 14.8 Å². The van der Waals surface area contributed by atoms with E-state index >= 15 is 0 Å². The van der Waals surface area contributed by atoms with Crippen molar-refractivity contribution in [2.24, 2.45) is 11.7 Å². The standard InChI is InChI=1S/C18H30N4O/c1-5-13(2)17-12-21(8-9-22(17)18(23)15(4)19)11-16-7-6-14(3)20-10-16/h6-7,10,13,15,17H,5,8-9,11-12,19H2,1-4H3/t13-,15+,17+/m0/s1. The summed E-state index contributed by atoms with van der Waals surface area (Å²) in [5, 5.41) is 0. The van der Waals surface area contributed by atoms with Crippen LogP contribution in [-0.4, -0.2) is 52.4 Å². The number of rotatable bonds is 5. The van der Waals surface area contributed by atoms with Gasteiger partial charge in [-0.3, -0.25) is 14.7 Å². The van der Waals surface area contributed by atoms with Crippen LogP contribution in [0.25, 0.3) is 0 Å². The predicted octanol–water partition coefficient (Wildman–Crippen LogP) is 1.80. The fourth-order valence-corrected chi connectivity index (χ4v) is 3.16. The number of carbonyl (C=O) groups excluding carboxylic acids is 1. The third-order valence-electron chi connectivity index (χ3n) is 4.85. The molecule has 1 aromatic heterocycles. The Morgan fingerprint density at radius 1 is 1.39 bits per heavy atom. The summed E-state index contributed by atoms with van der Waals surface area (Å²) in [6.07, 6.45) is 3.01. The number of hydrogen-bond donors (Lipinski definition) is 1. The smallest absolute Gasteiger partial charge is 0.239 e. The lowest BCUT2D eigenvalue weighted by atomic mass is 9.94. The fourth-order valence-electron chi connectivity index (χ4n) is 3.16. The molecule has 2 N–H and O–H groups in total. The number of carbonyl (C=O) groups is 1. The molecule has 1 fully saturated rings. The first-order chi connectivity index (χ1) is 10.9. The van der Waals surface area contributed by atoms with Gasteiger partial charge in [0.2, 0.25) is 5.91 Å². The number of nitrogens with two attached hydrogens (primary N) is 1. The number of nitrogens with zero attached hydrogens (tertiary/aromatic N) is 3. The molecule has 0 aromatic carbocycles. The number of amides is 1. The van der Waals surface area contributed by atoms with Crippen LogP contribution >= 0.6 is 0 Å². The maximum absolute atomic E-state index is 12.4. The van der Waals surface area contributed by atoms with Gasteiger partial charge in [0.15, 0.2) is 0 Å². The summed E-state index contributed by atoms with van der Waals surface area (Å²) < 4.78 is 0. The van der Waals surface area contributed by atoms with E-state index in [1.807, 2.05) is 18.0 Å². The highest BCUT2D eigenvalue weighted by molar-refractivity contribution is 5.81. The summed E-state index contributed by atoms with van der Waals surface area (Å²) in [6, 6.07) is 4.01. The molecule has 5 nitrogen and oxygen atoms in total. The van der Waals surface area contributed by atoms with Crippen LogP contribution in [0.15, 0.2) is 18.3 Å². The zero-order valence-corrected chi connectivity index (χ0v) is 14.8. The second-order valence-electron chi connectivity index (χ2n) is 6.82. The lowest BCUT2D eigenvalue weighted by Gasteiger charge is -2.44. The van der Waals surface area contributed by atoms with E-state index < -0.39 is 6.04 Å². The highest BCUT2D eigenvalue weighted by Gasteiger charge is 2.34. The van der Waals surface area contributed by atoms with Crippen molar-refractivity contribution in [3.8, 4) is 0 Å². The first-order valence-electron chi connectivity index (χ1n) is 8.62. The van der Waals surface area contributed by atoms with E-state index in [0.29, 0.717) is 5.92 Å². The molecule has 128 valence electrons. The number of aromatic nitrogens is 1. The Bertz CT molecular complexity index is 514. The summed E-state index contributed by atoms with van der Waals surface area (Å²) in [5.74, 6) is 0.545. The lowest BCUT2D eigenvalue weighted by Crippen LogP contribution is -2.59. The summed E-state index contributed by atoms with van der Waals surface area (Å²) in [7, 11) is 0. The van der Waals surface area contributed by atoms with Crippen LogP contribution in [0, 0.1) is 12.8 Å². The molecule has 0 radical (unpaired) electrons. The van der Waals surface area contributed by atoms with E-state index in [2.05, 4.69) is 35.9 Å². The highest BCUT2D eigenvalue weighted by Crippen LogP contribution is 2.22. The van der Waals surface area contributed by atoms with Crippen LogP contribution in [-0.2, 0) is 11.3 Å². The topological polar surface area (TPSA) is 62.5 Å². The minimum atomic E-state index is -0.422. The SMILES string of the molecule is CC[C@H](C)[C@H]1CN(Cc2ccc(C)nc2)CCN1C(=O)[C@@H](C)N. The molecule has 1 aliphatic heterocycles. The van der Waals surface area contributed by atoms with Crippen molar-refractivity contribution in [3.05, 3.63) is 29.6 Å². The van der Waals surface area contributed by atoms with Gasteiger partial charge in [0.05, 0.1) is 6.04 Å². The van der Waals surface area contributed by atoms with Crippen LogP contribution in [0.5, 0.6) is 0 Å². The Morgan fingerprint density at radius 3 is 2.70 bits per heavy atom. The summed E-state index contributed by atoms with van der Waals surface area (Å²) >= 11 is 0. The summed E-state index contributed by atoms with van der Waals surface area (Å²) in [4.78, 5) is 21.2. The molecule has 1 saturated heterocycles. The van der Waals surface area contributed by atoms with Gasteiger partial charge in [-0.15, -0.1) is 0 Å². The van der Waals surface area contributed by atoms with Gasteiger partial charge in [-0.1, -0.05) is 26.3 Å². The largest absolute Gasteiger partial charge is 0.336 e. The second kappa shape index (κ2) is 7.88. The molecular weight excluding hydrogens is 288 g/mol. The van der Waals surface area contributed by atoms with Crippen molar-refractivity contribution < 1.29 is 4.79 Å². The van der Waals surface area contributed by atoms with Gasteiger partial charge in [-0.05, 0) is 31.4 Å². The molecule has 0 saturated carbocycles. The molecular formula is C18H30N4O. The molecule has 5 heteroatoms. The molecule has 1 aliphatic rings. The molecule has 3 atom stereocenters. The van der Waals surface area contributed by atoms with E-state index in [1.165, 1.54) is 5.56 Å². The van der Waals surface area contributed by atoms with Gasteiger partial charge in [0.25, 0.3) is 0 Å². The molecule has 0 aliphatic carbocycles. The minimum absolute atomic E-state index is 0.0759. The highest BCUT2D eigenvalue weighted by atomic mass is 16.2. The molecule has 0 bridgehead atoms. The van der Waals surface area contributed by atoms with Gasteiger partial charge >= 0.3 is 0 Å². The van der Waals surface area contributed by atoms with Crippen LogP contribution < -0.4 is 5.73 Å². The average Bonchev–Trinajstić information content (AvgIpc) is 2.55. The lowest BCUT2D eigenvalue weighted by molar-refractivity contribution is -0.138. The zero-order chi connectivity index (χ0) is 17.0. The molecule has 1 aromatic rings. The molecule has 1 amide bonds. The van der Waals surface area contributed by atoms with E-state index in [1.54, 1.807) is 6.92 Å². The minimum Gasteiger partial charge on any atom is -0.336 e. The molecule has 0 unspecified atom stereocenters. The molecule has 2 heterocycles. The Morgan fingerprint density at radius 2 is 2.13 bits per heavy atom. The van der Waals surface area contributed by atoms with Crippen molar-refractivity contribution in [1.29, 1.82) is 0 Å². The summed E-state index contributed by atoms with van der Waals surface area (Å²) in [6.45, 7) is 11.6. The van der Waals surface area contributed by atoms with Crippen LogP contribution in [0.2, 0.25) is 0 Å². The second-order valence-corrected chi connectivity index (χ2v) is 6.82. The Kier molecular flexibility index (Phi) is 6.13. The normalized spacial score (nSPS) is 22.0. The van der Waals surface area contributed by atoms with Gasteiger partial charge in [0.1, 0.15) is 0 Å². The maximum atomic E-state index is 12.4. The molecule has 23 heavy (non-hydrogen) atoms. The van der Waals surface area contributed by atoms with Gasteiger partial charge in [0, 0.05) is 44.1 Å². The van der Waals surface area contributed by atoms with Crippen LogP contribution in [0.1, 0.15) is 38.4 Å². The third kappa shape index (κ3) is 4.52. The van der Waals surface area contributed by atoms with Gasteiger partial charge in [-0.2, -0.15) is 0 Å². The van der Waals surface area contributed by atoms with E-state index in [4.69, 9.17) is 5.73 Å². The average molecular weight is 318 g/mol. The molecule has 2 rings (SSSR count). The number of piperazine rings is 1. The summed E-state index contributed by atoms with van der Waals surface area (Å²) in [5.41, 5.74) is 8.10. The third-order valence-corrected chi connectivity index (χ3v) is 4.85. The van der Waals surface area contributed by atoms with Crippen LogP contribution in [0.4, 0.5) is 0 Å². The van der Waals surface area contributed by atoms with Gasteiger partial charge < -0.3 is 10.6 Å². The monoisotopic (exact) mass is 318 g/mol. The Labute approximate surface area is 139 Å². The number of pyridine rings is 1. The first kappa shape index (κ1) is 17.9. The predicted molar refractivity (Wildman–Crippen MR) is 92.9 cm³/mol. The zero-order valence-electron chi connectivity index (χ0n) is 14.8.